The summed E-state index contributed by atoms with van der Waals surface area (Å²) in [6.07, 6.45) is 0. The Bertz CT molecular complexity index is 716. The lowest BCUT2D eigenvalue weighted by molar-refractivity contribution is 0.208. The molecule has 0 saturated carbocycles. The maximum atomic E-state index is 12.5. The van der Waals surface area contributed by atoms with Crippen molar-refractivity contribution in [2.75, 3.05) is 54.4 Å². The van der Waals surface area contributed by atoms with Crippen molar-refractivity contribution in [1.82, 2.24) is 10.1 Å². The third kappa shape index (κ3) is 4.09. The Morgan fingerprint density at radius 3 is 2.35 bits per heavy atom. The molecule has 3 rings (SSSR count). The molecule has 2 aromatic rings. The normalized spacial score (nSPS) is 14.4. The van der Waals surface area contributed by atoms with E-state index in [4.69, 9.17) is 4.52 Å². The molecular weight excluding hydrogens is 330 g/mol. The van der Waals surface area contributed by atoms with Crippen molar-refractivity contribution in [1.29, 1.82) is 0 Å². The molecule has 1 aliphatic rings. The number of amides is 2. The lowest BCUT2D eigenvalue weighted by atomic mass is 10.2. The van der Waals surface area contributed by atoms with Gasteiger partial charge in [0.15, 0.2) is 5.82 Å². The first kappa shape index (κ1) is 18.1. The van der Waals surface area contributed by atoms with Gasteiger partial charge in [-0.2, -0.15) is 0 Å². The Kier molecular flexibility index (Phi) is 5.65. The molecule has 0 unspecified atom stereocenters. The summed E-state index contributed by atoms with van der Waals surface area (Å²) in [5.74, 6) is 1.64. The molecule has 1 aromatic carbocycles. The van der Waals surface area contributed by atoms with E-state index >= 15 is 0 Å². The lowest BCUT2D eigenvalue weighted by Gasteiger charge is -2.34. The molecule has 140 valence electrons. The molecule has 7 nitrogen and oxygen atoms in total. The standard InChI is InChI=1S/C19H27N5O2/c1-4-22(5-2)17-8-6-16(7-9-17)20-19(25)24-12-10-23(11-13-24)18-14-15(3)26-21-18/h6-9,14H,4-5,10-13H2,1-3H3,(H,20,25). The number of urea groups is 1. The molecule has 0 radical (unpaired) electrons. The summed E-state index contributed by atoms with van der Waals surface area (Å²) in [7, 11) is 0. The minimum atomic E-state index is -0.0587. The summed E-state index contributed by atoms with van der Waals surface area (Å²) in [6.45, 7) is 10.9. The molecule has 26 heavy (non-hydrogen) atoms. The van der Waals surface area contributed by atoms with Crippen LogP contribution in [0.4, 0.5) is 22.0 Å². The van der Waals surface area contributed by atoms with Crippen molar-refractivity contribution in [2.24, 2.45) is 0 Å². The molecule has 0 bridgehead atoms. The minimum Gasteiger partial charge on any atom is -0.372 e. The van der Waals surface area contributed by atoms with Crippen LogP contribution < -0.4 is 15.1 Å². The molecule has 0 spiro atoms. The number of aromatic nitrogens is 1. The number of nitrogens with one attached hydrogen (secondary N) is 1. The van der Waals surface area contributed by atoms with E-state index in [0.29, 0.717) is 13.1 Å². The van der Waals surface area contributed by atoms with E-state index in [-0.39, 0.29) is 6.03 Å². The zero-order valence-corrected chi connectivity index (χ0v) is 15.7. The summed E-state index contributed by atoms with van der Waals surface area (Å²) in [5, 5.41) is 7.03. The molecule has 1 aliphatic heterocycles. The highest BCUT2D eigenvalue weighted by molar-refractivity contribution is 5.89. The largest absolute Gasteiger partial charge is 0.372 e. The number of piperazine rings is 1. The summed E-state index contributed by atoms with van der Waals surface area (Å²) >= 11 is 0. The van der Waals surface area contributed by atoms with Gasteiger partial charge in [-0.3, -0.25) is 0 Å². The quantitative estimate of drug-likeness (QED) is 0.890. The third-order valence-electron chi connectivity index (χ3n) is 4.75. The van der Waals surface area contributed by atoms with Crippen molar-refractivity contribution in [3.05, 3.63) is 36.1 Å². The fourth-order valence-corrected chi connectivity index (χ4v) is 3.19. The van der Waals surface area contributed by atoms with Gasteiger partial charge in [-0.15, -0.1) is 0 Å². The maximum absolute atomic E-state index is 12.5. The topological polar surface area (TPSA) is 64.9 Å². The van der Waals surface area contributed by atoms with Gasteiger partial charge in [-0.05, 0) is 45.0 Å². The van der Waals surface area contributed by atoms with E-state index in [9.17, 15) is 4.79 Å². The monoisotopic (exact) mass is 357 g/mol. The van der Waals surface area contributed by atoms with Crippen molar-refractivity contribution in [3.8, 4) is 0 Å². The molecule has 0 aliphatic carbocycles. The van der Waals surface area contributed by atoms with Crippen LogP contribution in [0.25, 0.3) is 0 Å². The van der Waals surface area contributed by atoms with Gasteiger partial charge in [-0.1, -0.05) is 5.16 Å². The van der Waals surface area contributed by atoms with Crippen molar-refractivity contribution in [3.63, 3.8) is 0 Å². The Labute approximate surface area is 154 Å². The predicted molar refractivity (Wildman–Crippen MR) is 104 cm³/mol. The van der Waals surface area contributed by atoms with Crippen molar-refractivity contribution < 1.29 is 9.32 Å². The smallest absolute Gasteiger partial charge is 0.321 e. The molecular formula is C19H27N5O2. The van der Waals surface area contributed by atoms with E-state index < -0.39 is 0 Å². The summed E-state index contributed by atoms with van der Waals surface area (Å²) < 4.78 is 5.13. The molecule has 1 aromatic heterocycles. The fraction of sp³-hybridized carbons (Fsp3) is 0.474. The van der Waals surface area contributed by atoms with Crippen LogP contribution in [-0.4, -0.2) is 55.4 Å². The number of rotatable bonds is 5. The lowest BCUT2D eigenvalue weighted by Crippen LogP contribution is -2.50. The van der Waals surface area contributed by atoms with Gasteiger partial charge in [0, 0.05) is 56.7 Å². The first-order valence-electron chi connectivity index (χ1n) is 9.20. The SMILES string of the molecule is CCN(CC)c1ccc(NC(=O)N2CCN(c3cc(C)on3)CC2)cc1. The van der Waals surface area contributed by atoms with Gasteiger partial charge in [0.1, 0.15) is 5.76 Å². The molecule has 2 amide bonds. The van der Waals surface area contributed by atoms with Crippen LogP contribution in [0.3, 0.4) is 0 Å². The molecule has 1 fully saturated rings. The van der Waals surface area contributed by atoms with Crippen LogP contribution >= 0.6 is 0 Å². The second-order valence-electron chi connectivity index (χ2n) is 6.42. The number of hydrogen-bond acceptors (Lipinski definition) is 5. The van der Waals surface area contributed by atoms with Gasteiger partial charge in [0.25, 0.3) is 0 Å². The van der Waals surface area contributed by atoms with Crippen molar-refractivity contribution >= 4 is 23.2 Å². The number of carbonyl (C=O) groups excluding carboxylic acids is 1. The van der Waals surface area contributed by atoms with Crippen LogP contribution in [0.2, 0.25) is 0 Å². The Morgan fingerprint density at radius 2 is 1.81 bits per heavy atom. The van der Waals surface area contributed by atoms with E-state index in [1.54, 1.807) is 0 Å². The summed E-state index contributed by atoms with van der Waals surface area (Å²) in [5.41, 5.74) is 1.99. The molecule has 1 N–H and O–H groups in total. The van der Waals surface area contributed by atoms with Crippen LogP contribution in [-0.2, 0) is 0 Å². The van der Waals surface area contributed by atoms with Gasteiger partial charge in [0.2, 0.25) is 0 Å². The number of hydrogen-bond donors (Lipinski definition) is 1. The van der Waals surface area contributed by atoms with Crippen LogP contribution in [0.5, 0.6) is 0 Å². The summed E-state index contributed by atoms with van der Waals surface area (Å²) in [4.78, 5) is 18.7. The fourth-order valence-electron chi connectivity index (χ4n) is 3.19. The minimum absolute atomic E-state index is 0.0587. The summed E-state index contributed by atoms with van der Waals surface area (Å²) in [6, 6.07) is 9.88. The zero-order valence-electron chi connectivity index (χ0n) is 15.7. The van der Waals surface area contributed by atoms with E-state index in [2.05, 4.69) is 34.1 Å². The second-order valence-corrected chi connectivity index (χ2v) is 6.42. The number of benzene rings is 1. The molecule has 1 saturated heterocycles. The first-order valence-corrected chi connectivity index (χ1v) is 9.20. The average molecular weight is 357 g/mol. The van der Waals surface area contributed by atoms with Gasteiger partial charge < -0.3 is 24.5 Å². The van der Waals surface area contributed by atoms with Crippen LogP contribution in [0.1, 0.15) is 19.6 Å². The van der Waals surface area contributed by atoms with E-state index in [1.807, 2.05) is 42.2 Å². The Balaban J connectivity index is 1.52. The highest BCUT2D eigenvalue weighted by Crippen LogP contribution is 2.19. The molecule has 0 atom stereocenters. The van der Waals surface area contributed by atoms with Crippen molar-refractivity contribution in [2.45, 2.75) is 20.8 Å². The number of carbonyl (C=O) groups is 1. The number of nitrogens with zero attached hydrogens (tertiary/aromatic N) is 4. The Morgan fingerprint density at radius 1 is 1.15 bits per heavy atom. The zero-order chi connectivity index (χ0) is 18.5. The second kappa shape index (κ2) is 8.12. The van der Waals surface area contributed by atoms with E-state index in [0.717, 1.165) is 43.4 Å². The van der Waals surface area contributed by atoms with E-state index in [1.165, 1.54) is 5.69 Å². The first-order chi connectivity index (χ1) is 12.6. The van der Waals surface area contributed by atoms with Crippen LogP contribution in [0.15, 0.2) is 34.9 Å². The molecule has 7 heteroatoms. The number of anilines is 3. The number of aryl methyl sites for hydroxylation is 1. The molecule has 2 heterocycles. The highest BCUT2D eigenvalue weighted by atomic mass is 16.5. The van der Waals surface area contributed by atoms with Gasteiger partial charge in [0.05, 0.1) is 0 Å². The maximum Gasteiger partial charge on any atom is 0.321 e. The van der Waals surface area contributed by atoms with Gasteiger partial charge in [-0.25, -0.2) is 4.79 Å². The third-order valence-corrected chi connectivity index (χ3v) is 4.75. The Hall–Kier alpha value is -2.70. The highest BCUT2D eigenvalue weighted by Gasteiger charge is 2.22. The average Bonchev–Trinajstić information content (AvgIpc) is 3.10. The van der Waals surface area contributed by atoms with Crippen LogP contribution in [0, 0.1) is 6.92 Å². The van der Waals surface area contributed by atoms with Gasteiger partial charge >= 0.3 is 6.03 Å². The predicted octanol–water partition coefficient (Wildman–Crippen LogP) is 3.18.